The molecule has 1 aromatic carbocycles. The Kier molecular flexibility index (Phi) is 5.10. The van der Waals surface area contributed by atoms with E-state index in [1.807, 2.05) is 39.0 Å². The van der Waals surface area contributed by atoms with Gasteiger partial charge in [0.05, 0.1) is 0 Å². The summed E-state index contributed by atoms with van der Waals surface area (Å²) in [5.74, 6) is -0.883. The molecule has 0 aromatic heterocycles. The minimum atomic E-state index is -0.837. The number of nitrogens with one attached hydrogen (secondary N) is 1. The molecule has 0 radical (unpaired) electrons. The predicted octanol–water partition coefficient (Wildman–Crippen LogP) is 3.08. The molecule has 1 aromatic rings. The molecule has 0 atom stereocenters. The molecule has 0 saturated heterocycles. The zero-order valence-corrected chi connectivity index (χ0v) is 11.7. The van der Waals surface area contributed by atoms with Gasteiger partial charge in [0.2, 0.25) is 5.91 Å². The Balaban J connectivity index is 2.72. The molecule has 0 aliphatic rings. The van der Waals surface area contributed by atoms with Crippen LogP contribution in [0, 0.1) is 5.41 Å². The van der Waals surface area contributed by atoms with Gasteiger partial charge in [0.15, 0.2) is 0 Å². The number of hydrogen-bond acceptors (Lipinski definition) is 2. The first-order valence-corrected chi connectivity index (χ1v) is 6.37. The SMILES string of the molecule is CC(C)(C)CC(=O)Nc1ccccc1CCC(=O)O. The number of carboxylic acids is 1. The van der Waals surface area contributed by atoms with E-state index in [0.717, 1.165) is 5.56 Å². The normalized spacial score (nSPS) is 11.1. The third-order valence-corrected chi connectivity index (χ3v) is 2.59. The summed E-state index contributed by atoms with van der Waals surface area (Å²) in [7, 11) is 0. The van der Waals surface area contributed by atoms with Gasteiger partial charge in [0.25, 0.3) is 0 Å². The maximum Gasteiger partial charge on any atom is 0.303 e. The van der Waals surface area contributed by atoms with Gasteiger partial charge >= 0.3 is 5.97 Å². The van der Waals surface area contributed by atoms with Crippen LogP contribution in [-0.4, -0.2) is 17.0 Å². The smallest absolute Gasteiger partial charge is 0.303 e. The van der Waals surface area contributed by atoms with Crippen LogP contribution in [0.25, 0.3) is 0 Å². The van der Waals surface area contributed by atoms with Gasteiger partial charge in [-0.3, -0.25) is 9.59 Å². The molecule has 4 nitrogen and oxygen atoms in total. The lowest BCUT2D eigenvalue weighted by Gasteiger charge is -2.18. The molecule has 4 heteroatoms. The van der Waals surface area contributed by atoms with Crippen LogP contribution in [0.1, 0.15) is 39.2 Å². The molecule has 0 bridgehead atoms. The minimum absolute atomic E-state index is 0.0460. The number of hydrogen-bond donors (Lipinski definition) is 2. The van der Waals surface area contributed by atoms with E-state index >= 15 is 0 Å². The standard InChI is InChI=1S/C15H21NO3/c1-15(2,3)10-13(17)16-12-7-5-4-6-11(12)8-9-14(18)19/h4-7H,8-10H2,1-3H3,(H,16,17)(H,18,19). The van der Waals surface area contributed by atoms with Gasteiger partial charge in [-0.05, 0) is 23.5 Å². The molecule has 2 N–H and O–H groups in total. The second kappa shape index (κ2) is 6.36. The Labute approximate surface area is 113 Å². The Morgan fingerprint density at radius 2 is 1.84 bits per heavy atom. The monoisotopic (exact) mass is 263 g/mol. The Bertz CT molecular complexity index is 461. The number of carbonyl (C=O) groups excluding carboxylic acids is 1. The molecule has 0 aliphatic heterocycles. The molecule has 0 aliphatic carbocycles. The third-order valence-electron chi connectivity index (χ3n) is 2.59. The maximum atomic E-state index is 11.9. The molecule has 0 fully saturated rings. The highest BCUT2D eigenvalue weighted by molar-refractivity contribution is 5.91. The fraction of sp³-hybridized carbons (Fsp3) is 0.467. The van der Waals surface area contributed by atoms with Crippen molar-refractivity contribution in [3.63, 3.8) is 0 Å². The van der Waals surface area contributed by atoms with Gasteiger partial charge in [0, 0.05) is 18.5 Å². The third kappa shape index (κ3) is 6.04. The summed E-state index contributed by atoms with van der Waals surface area (Å²) in [6, 6.07) is 7.32. The highest BCUT2D eigenvalue weighted by Gasteiger charge is 2.16. The zero-order chi connectivity index (χ0) is 14.5. The highest BCUT2D eigenvalue weighted by atomic mass is 16.4. The molecule has 0 heterocycles. The van der Waals surface area contributed by atoms with E-state index in [9.17, 15) is 9.59 Å². The number of aliphatic carboxylic acids is 1. The van der Waals surface area contributed by atoms with Crippen LogP contribution in [0.3, 0.4) is 0 Å². The van der Waals surface area contributed by atoms with Crippen molar-refractivity contribution in [3.05, 3.63) is 29.8 Å². The van der Waals surface area contributed by atoms with Crippen molar-refractivity contribution >= 4 is 17.6 Å². The van der Waals surface area contributed by atoms with Gasteiger partial charge < -0.3 is 10.4 Å². The van der Waals surface area contributed by atoms with Crippen molar-refractivity contribution in [1.29, 1.82) is 0 Å². The van der Waals surface area contributed by atoms with Gasteiger partial charge in [0.1, 0.15) is 0 Å². The number of carbonyl (C=O) groups is 2. The van der Waals surface area contributed by atoms with Gasteiger partial charge in [-0.2, -0.15) is 0 Å². The summed E-state index contributed by atoms with van der Waals surface area (Å²) in [6.07, 6.45) is 0.910. The number of rotatable bonds is 5. The summed E-state index contributed by atoms with van der Waals surface area (Å²) < 4.78 is 0. The topological polar surface area (TPSA) is 66.4 Å². The van der Waals surface area contributed by atoms with Crippen LogP contribution >= 0.6 is 0 Å². The molecule has 104 valence electrons. The highest BCUT2D eigenvalue weighted by Crippen LogP contribution is 2.21. The number of aryl methyl sites for hydroxylation is 1. The van der Waals surface area contributed by atoms with Crippen LogP contribution < -0.4 is 5.32 Å². The van der Waals surface area contributed by atoms with E-state index in [1.165, 1.54) is 0 Å². The number of amides is 1. The number of anilines is 1. The minimum Gasteiger partial charge on any atom is -0.481 e. The van der Waals surface area contributed by atoms with Crippen molar-refractivity contribution in [3.8, 4) is 0 Å². The Hall–Kier alpha value is -1.84. The average Bonchev–Trinajstić information content (AvgIpc) is 2.25. The largest absolute Gasteiger partial charge is 0.481 e. The fourth-order valence-corrected chi connectivity index (χ4v) is 1.78. The first-order valence-electron chi connectivity index (χ1n) is 6.37. The number of carboxylic acid groups (broad SMARTS) is 1. The van der Waals surface area contributed by atoms with E-state index in [0.29, 0.717) is 18.5 Å². The van der Waals surface area contributed by atoms with Crippen LogP contribution in [0.5, 0.6) is 0 Å². The predicted molar refractivity (Wildman–Crippen MR) is 75.1 cm³/mol. The summed E-state index contributed by atoms with van der Waals surface area (Å²) in [6.45, 7) is 6.01. The van der Waals surface area contributed by atoms with Crippen molar-refractivity contribution < 1.29 is 14.7 Å². The van der Waals surface area contributed by atoms with Crippen molar-refractivity contribution in [2.24, 2.45) is 5.41 Å². The summed E-state index contributed by atoms with van der Waals surface area (Å²) in [5.41, 5.74) is 1.49. The van der Waals surface area contributed by atoms with E-state index in [2.05, 4.69) is 5.32 Å². The fourth-order valence-electron chi connectivity index (χ4n) is 1.78. The van der Waals surface area contributed by atoms with E-state index < -0.39 is 5.97 Å². The van der Waals surface area contributed by atoms with Crippen LogP contribution in [-0.2, 0) is 16.0 Å². The molecule has 0 saturated carbocycles. The van der Waals surface area contributed by atoms with E-state index in [4.69, 9.17) is 5.11 Å². The second-order valence-corrected chi connectivity index (χ2v) is 5.84. The van der Waals surface area contributed by atoms with Crippen LogP contribution in [0.2, 0.25) is 0 Å². The van der Waals surface area contributed by atoms with Gasteiger partial charge in [-0.1, -0.05) is 39.0 Å². The van der Waals surface area contributed by atoms with Gasteiger partial charge in [-0.15, -0.1) is 0 Å². The Morgan fingerprint density at radius 3 is 2.42 bits per heavy atom. The molecule has 19 heavy (non-hydrogen) atoms. The van der Waals surface area contributed by atoms with Crippen molar-refractivity contribution in [1.82, 2.24) is 0 Å². The lowest BCUT2D eigenvalue weighted by atomic mass is 9.92. The molecular weight excluding hydrogens is 242 g/mol. The maximum absolute atomic E-state index is 11.9. The molecule has 1 amide bonds. The van der Waals surface area contributed by atoms with E-state index in [1.54, 1.807) is 6.07 Å². The first kappa shape index (κ1) is 15.2. The molecular formula is C15H21NO3. The van der Waals surface area contributed by atoms with Crippen molar-refractivity contribution in [2.45, 2.75) is 40.0 Å². The second-order valence-electron chi connectivity index (χ2n) is 5.84. The summed E-state index contributed by atoms with van der Waals surface area (Å²) >= 11 is 0. The first-order chi connectivity index (χ1) is 8.78. The summed E-state index contributed by atoms with van der Waals surface area (Å²) in [4.78, 5) is 22.5. The zero-order valence-electron chi connectivity index (χ0n) is 11.7. The van der Waals surface area contributed by atoms with E-state index in [-0.39, 0.29) is 17.7 Å². The number of benzene rings is 1. The molecule has 1 rings (SSSR count). The summed E-state index contributed by atoms with van der Waals surface area (Å²) in [5, 5.41) is 11.6. The van der Waals surface area contributed by atoms with Crippen molar-refractivity contribution in [2.75, 3.05) is 5.32 Å². The van der Waals surface area contributed by atoms with Gasteiger partial charge in [-0.25, -0.2) is 0 Å². The number of para-hydroxylation sites is 1. The lowest BCUT2D eigenvalue weighted by Crippen LogP contribution is -2.20. The average molecular weight is 263 g/mol. The Morgan fingerprint density at radius 1 is 1.21 bits per heavy atom. The van der Waals surface area contributed by atoms with Crippen LogP contribution in [0.4, 0.5) is 5.69 Å². The van der Waals surface area contributed by atoms with Crippen LogP contribution in [0.15, 0.2) is 24.3 Å². The quantitative estimate of drug-likeness (QED) is 0.858. The lowest BCUT2D eigenvalue weighted by molar-refractivity contribution is -0.137. The molecule has 0 unspecified atom stereocenters. The molecule has 0 spiro atoms.